The van der Waals surface area contributed by atoms with E-state index in [2.05, 4.69) is 0 Å². The Balaban J connectivity index is 1.77. The summed E-state index contributed by atoms with van der Waals surface area (Å²) in [7, 11) is 0. The van der Waals surface area contributed by atoms with Crippen molar-refractivity contribution in [2.75, 3.05) is 0 Å². The predicted molar refractivity (Wildman–Crippen MR) is 111 cm³/mol. The van der Waals surface area contributed by atoms with Gasteiger partial charge in [0.15, 0.2) is 0 Å². The van der Waals surface area contributed by atoms with Crippen molar-refractivity contribution < 1.29 is 13.9 Å². The molecule has 0 saturated heterocycles. The molecule has 3 aromatic carbocycles. The minimum absolute atomic E-state index is 0.0293. The van der Waals surface area contributed by atoms with Gasteiger partial charge in [0, 0.05) is 22.9 Å². The van der Waals surface area contributed by atoms with Gasteiger partial charge in [-0.2, -0.15) is 0 Å². The summed E-state index contributed by atoms with van der Waals surface area (Å²) in [6.45, 7) is 0. The molecule has 0 unspecified atom stereocenters. The maximum atomic E-state index is 12.6. The van der Waals surface area contributed by atoms with Gasteiger partial charge >= 0.3 is 11.3 Å². The Kier molecular flexibility index (Phi) is 3.81. The number of hydrogen-bond donors (Lipinski definition) is 1. The molecule has 29 heavy (non-hydrogen) atoms. The van der Waals surface area contributed by atoms with Crippen LogP contribution in [0.25, 0.3) is 44.2 Å². The summed E-state index contributed by atoms with van der Waals surface area (Å²) >= 11 is 0. The van der Waals surface area contributed by atoms with Gasteiger partial charge in [-0.15, -0.1) is 0 Å². The normalized spacial score (nSPS) is 11.2. The first-order valence-corrected chi connectivity index (χ1v) is 8.99. The Labute approximate surface area is 164 Å². The third-order valence-corrected chi connectivity index (χ3v) is 4.86. The van der Waals surface area contributed by atoms with Gasteiger partial charge in [-0.25, -0.2) is 9.59 Å². The number of phenols is 1. The lowest BCUT2D eigenvalue weighted by Crippen LogP contribution is -2.03. The van der Waals surface area contributed by atoms with Gasteiger partial charge in [-0.3, -0.25) is 0 Å². The third-order valence-electron chi connectivity index (χ3n) is 4.86. The van der Waals surface area contributed by atoms with E-state index < -0.39 is 11.3 Å². The van der Waals surface area contributed by atoms with E-state index in [4.69, 9.17) is 8.83 Å². The molecule has 0 atom stereocenters. The smallest absolute Gasteiger partial charge is 0.344 e. The van der Waals surface area contributed by atoms with Crippen LogP contribution in [0.5, 0.6) is 5.75 Å². The second kappa shape index (κ2) is 6.49. The molecule has 0 aliphatic rings. The van der Waals surface area contributed by atoms with E-state index in [1.807, 2.05) is 36.4 Å². The van der Waals surface area contributed by atoms with Crippen molar-refractivity contribution in [1.82, 2.24) is 0 Å². The fourth-order valence-electron chi connectivity index (χ4n) is 3.49. The SMILES string of the molecule is O=c1cc(-c2ccccc2)c2cc(-c3cc4ccc(O)cc4oc3=O)ccc2o1. The average molecular weight is 382 g/mol. The highest BCUT2D eigenvalue weighted by atomic mass is 16.4. The third kappa shape index (κ3) is 2.99. The molecule has 0 spiro atoms. The molecule has 2 aromatic heterocycles. The minimum Gasteiger partial charge on any atom is -0.508 e. The van der Waals surface area contributed by atoms with Gasteiger partial charge in [0.25, 0.3) is 0 Å². The Morgan fingerprint density at radius 3 is 2.31 bits per heavy atom. The highest BCUT2D eigenvalue weighted by Crippen LogP contribution is 2.31. The second-order valence-corrected chi connectivity index (χ2v) is 6.73. The molecule has 0 aliphatic carbocycles. The lowest BCUT2D eigenvalue weighted by atomic mass is 9.98. The predicted octanol–water partition coefficient (Wildman–Crippen LogP) is 4.94. The number of hydrogen-bond acceptors (Lipinski definition) is 5. The van der Waals surface area contributed by atoms with Crippen LogP contribution in [-0.4, -0.2) is 5.11 Å². The summed E-state index contributed by atoms with van der Waals surface area (Å²) in [4.78, 5) is 24.6. The van der Waals surface area contributed by atoms with Gasteiger partial charge in [-0.1, -0.05) is 36.4 Å². The molecule has 5 aromatic rings. The molecular formula is C24H14O5. The average Bonchev–Trinajstić information content (AvgIpc) is 2.73. The minimum atomic E-state index is -0.513. The zero-order valence-electron chi connectivity index (χ0n) is 15.1. The molecule has 0 saturated carbocycles. The van der Waals surface area contributed by atoms with Gasteiger partial charge in [0.05, 0.1) is 5.56 Å². The van der Waals surface area contributed by atoms with E-state index in [0.29, 0.717) is 27.7 Å². The van der Waals surface area contributed by atoms with Crippen LogP contribution in [0.15, 0.2) is 97.3 Å². The fraction of sp³-hybridized carbons (Fsp3) is 0. The van der Waals surface area contributed by atoms with Crippen LogP contribution in [0, 0.1) is 0 Å². The van der Waals surface area contributed by atoms with E-state index in [1.165, 1.54) is 18.2 Å². The van der Waals surface area contributed by atoms with E-state index >= 15 is 0 Å². The molecule has 0 radical (unpaired) electrons. The molecule has 5 nitrogen and oxygen atoms in total. The molecule has 5 heteroatoms. The quantitative estimate of drug-likeness (QED) is 0.438. The molecule has 2 heterocycles. The van der Waals surface area contributed by atoms with Crippen molar-refractivity contribution in [2.24, 2.45) is 0 Å². The molecular weight excluding hydrogens is 368 g/mol. The highest BCUT2D eigenvalue weighted by molar-refractivity contribution is 5.96. The van der Waals surface area contributed by atoms with E-state index in [9.17, 15) is 14.7 Å². The Morgan fingerprint density at radius 2 is 1.48 bits per heavy atom. The summed E-state index contributed by atoms with van der Waals surface area (Å²) in [5, 5.41) is 11.0. The highest BCUT2D eigenvalue weighted by Gasteiger charge is 2.13. The van der Waals surface area contributed by atoms with Crippen molar-refractivity contribution in [1.29, 1.82) is 0 Å². The van der Waals surface area contributed by atoms with Crippen molar-refractivity contribution in [3.05, 3.63) is 99.7 Å². The zero-order chi connectivity index (χ0) is 20.0. The van der Waals surface area contributed by atoms with Crippen molar-refractivity contribution in [2.45, 2.75) is 0 Å². The largest absolute Gasteiger partial charge is 0.508 e. The molecule has 0 aliphatic heterocycles. The number of aromatic hydroxyl groups is 1. The van der Waals surface area contributed by atoms with E-state index in [0.717, 1.165) is 16.5 Å². The molecule has 5 rings (SSSR count). The topological polar surface area (TPSA) is 80.6 Å². The van der Waals surface area contributed by atoms with Crippen LogP contribution in [-0.2, 0) is 0 Å². The molecule has 0 amide bonds. The fourth-order valence-corrected chi connectivity index (χ4v) is 3.49. The summed E-state index contributed by atoms with van der Waals surface area (Å²) < 4.78 is 10.7. The Bertz CT molecular complexity index is 1490. The summed E-state index contributed by atoms with van der Waals surface area (Å²) in [6.07, 6.45) is 0. The van der Waals surface area contributed by atoms with Gasteiger partial charge in [-0.05, 0) is 47.0 Å². The summed E-state index contributed by atoms with van der Waals surface area (Å²) in [5.41, 5.74) is 2.45. The van der Waals surface area contributed by atoms with Crippen LogP contribution in [0.4, 0.5) is 0 Å². The summed E-state index contributed by atoms with van der Waals surface area (Å²) in [6, 6.07) is 22.5. The zero-order valence-corrected chi connectivity index (χ0v) is 15.1. The second-order valence-electron chi connectivity index (χ2n) is 6.73. The van der Waals surface area contributed by atoms with E-state index in [-0.39, 0.29) is 5.75 Å². The Hall–Kier alpha value is -4.12. The first-order chi connectivity index (χ1) is 14.1. The lowest BCUT2D eigenvalue weighted by Gasteiger charge is -2.08. The van der Waals surface area contributed by atoms with Crippen LogP contribution in [0.1, 0.15) is 0 Å². The van der Waals surface area contributed by atoms with Crippen LogP contribution in [0.3, 0.4) is 0 Å². The van der Waals surface area contributed by atoms with Crippen molar-refractivity contribution in [3.63, 3.8) is 0 Å². The van der Waals surface area contributed by atoms with Gasteiger partial charge in [0.1, 0.15) is 16.9 Å². The van der Waals surface area contributed by atoms with Crippen LogP contribution < -0.4 is 11.3 Å². The standard InChI is InChI=1S/C24H14O5/c25-17-8-6-16-11-19(24(27)29-22(16)12-17)15-7-9-21-20(10-15)18(13-23(26)28-21)14-4-2-1-3-5-14/h1-13,25H. The first kappa shape index (κ1) is 17.0. The monoisotopic (exact) mass is 382 g/mol. The number of fused-ring (bicyclic) bond motifs is 2. The summed E-state index contributed by atoms with van der Waals surface area (Å²) in [5.74, 6) is 0.0293. The van der Waals surface area contributed by atoms with Crippen molar-refractivity contribution >= 4 is 21.9 Å². The van der Waals surface area contributed by atoms with Crippen molar-refractivity contribution in [3.8, 4) is 28.0 Å². The van der Waals surface area contributed by atoms with Gasteiger partial charge in [0.2, 0.25) is 0 Å². The first-order valence-electron chi connectivity index (χ1n) is 8.99. The van der Waals surface area contributed by atoms with Gasteiger partial charge < -0.3 is 13.9 Å². The maximum absolute atomic E-state index is 12.6. The molecule has 0 bridgehead atoms. The van der Waals surface area contributed by atoms with Crippen LogP contribution in [0.2, 0.25) is 0 Å². The number of benzene rings is 3. The maximum Gasteiger partial charge on any atom is 0.344 e. The number of rotatable bonds is 2. The molecule has 140 valence electrons. The van der Waals surface area contributed by atoms with E-state index in [1.54, 1.807) is 24.3 Å². The lowest BCUT2D eigenvalue weighted by molar-refractivity contribution is 0.473. The molecule has 0 fully saturated rings. The Morgan fingerprint density at radius 1 is 0.655 bits per heavy atom. The number of phenolic OH excluding ortho intramolecular Hbond substituents is 1. The van der Waals surface area contributed by atoms with Crippen LogP contribution >= 0.6 is 0 Å². The molecule has 1 N–H and O–H groups in total.